The van der Waals surface area contributed by atoms with E-state index in [-0.39, 0.29) is 16.1 Å². The van der Waals surface area contributed by atoms with Crippen LogP contribution in [0.2, 0.25) is 5.02 Å². The van der Waals surface area contributed by atoms with Crippen molar-refractivity contribution in [3.05, 3.63) is 83.4 Å². The van der Waals surface area contributed by atoms with Crippen molar-refractivity contribution in [2.45, 2.75) is 4.90 Å². The summed E-state index contributed by atoms with van der Waals surface area (Å²) >= 11 is 5.93. The van der Waals surface area contributed by atoms with Gasteiger partial charge in [-0.15, -0.1) is 0 Å². The number of nitrogens with one attached hydrogen (secondary N) is 2. The van der Waals surface area contributed by atoms with Crippen LogP contribution in [0.25, 0.3) is 0 Å². The van der Waals surface area contributed by atoms with E-state index in [9.17, 15) is 13.2 Å². The summed E-state index contributed by atoms with van der Waals surface area (Å²) in [6, 6.07) is 19.4. The molecule has 0 unspecified atom stereocenters. The van der Waals surface area contributed by atoms with Crippen molar-refractivity contribution in [2.24, 2.45) is 0 Å². The van der Waals surface area contributed by atoms with Crippen molar-refractivity contribution in [1.82, 2.24) is 5.32 Å². The van der Waals surface area contributed by atoms with Crippen molar-refractivity contribution in [2.75, 3.05) is 11.8 Å². The summed E-state index contributed by atoms with van der Waals surface area (Å²) in [5.41, 5.74) is 0.244. The van der Waals surface area contributed by atoms with Crippen molar-refractivity contribution < 1.29 is 17.9 Å². The Hall–Kier alpha value is -3.03. The van der Waals surface area contributed by atoms with E-state index in [4.69, 9.17) is 16.3 Å². The molecule has 0 heterocycles. The number of carbonyl (C=O) groups excluding carboxylic acids is 1. The molecule has 0 atom stereocenters. The highest BCUT2D eigenvalue weighted by Crippen LogP contribution is 2.27. The number of halogens is 1. The number of ether oxygens (including phenoxy) is 1. The molecule has 0 aliphatic heterocycles. The summed E-state index contributed by atoms with van der Waals surface area (Å²) in [5, 5.41) is 2.78. The number of rotatable bonds is 6. The molecule has 0 radical (unpaired) electrons. The van der Waals surface area contributed by atoms with Crippen LogP contribution in [-0.2, 0) is 10.0 Å². The van der Waals surface area contributed by atoms with E-state index in [2.05, 4.69) is 10.0 Å². The van der Waals surface area contributed by atoms with Gasteiger partial charge >= 0.3 is 0 Å². The predicted molar refractivity (Wildman–Crippen MR) is 109 cm³/mol. The molecule has 1 amide bonds. The molecule has 3 aromatic rings. The monoisotopic (exact) mass is 416 g/mol. The zero-order valence-corrected chi connectivity index (χ0v) is 16.4. The summed E-state index contributed by atoms with van der Waals surface area (Å²) < 4.78 is 33.8. The lowest BCUT2D eigenvalue weighted by atomic mass is 10.2. The molecule has 0 aliphatic rings. The summed E-state index contributed by atoms with van der Waals surface area (Å²) in [6.45, 7) is 0. The normalized spacial score (nSPS) is 10.9. The van der Waals surface area contributed by atoms with Crippen molar-refractivity contribution in [3.63, 3.8) is 0 Å². The fraction of sp³-hybridized carbons (Fsp3) is 0.0500. The van der Waals surface area contributed by atoms with Gasteiger partial charge in [0.15, 0.2) is 0 Å². The van der Waals surface area contributed by atoms with Gasteiger partial charge < -0.3 is 10.1 Å². The van der Waals surface area contributed by atoms with Crippen LogP contribution in [0.1, 0.15) is 10.4 Å². The van der Waals surface area contributed by atoms with E-state index in [1.54, 1.807) is 24.3 Å². The Bertz CT molecular complexity index is 1100. The first-order valence-electron chi connectivity index (χ1n) is 8.26. The van der Waals surface area contributed by atoms with E-state index >= 15 is 0 Å². The SMILES string of the molecule is CNC(=O)c1cc(Cl)ccc1NS(=O)(=O)c1cccc(Oc2ccccc2)c1. The van der Waals surface area contributed by atoms with Crippen LogP contribution in [0.4, 0.5) is 5.69 Å². The third kappa shape index (κ3) is 4.62. The van der Waals surface area contributed by atoms with Gasteiger partial charge in [-0.05, 0) is 42.5 Å². The van der Waals surface area contributed by atoms with Gasteiger partial charge in [0.25, 0.3) is 15.9 Å². The lowest BCUT2D eigenvalue weighted by Crippen LogP contribution is -2.21. The number of para-hydroxylation sites is 1. The van der Waals surface area contributed by atoms with Gasteiger partial charge in [-0.25, -0.2) is 8.42 Å². The molecule has 0 fully saturated rings. The highest BCUT2D eigenvalue weighted by molar-refractivity contribution is 7.92. The number of amides is 1. The molecule has 0 aromatic heterocycles. The highest BCUT2D eigenvalue weighted by atomic mass is 35.5. The van der Waals surface area contributed by atoms with E-state index in [1.165, 1.54) is 37.4 Å². The third-order valence-electron chi connectivity index (χ3n) is 3.79. The fourth-order valence-electron chi connectivity index (χ4n) is 2.46. The van der Waals surface area contributed by atoms with Gasteiger partial charge in [-0.3, -0.25) is 9.52 Å². The van der Waals surface area contributed by atoms with Gasteiger partial charge in [0, 0.05) is 18.1 Å². The van der Waals surface area contributed by atoms with Gasteiger partial charge in [0.05, 0.1) is 16.1 Å². The molecule has 28 heavy (non-hydrogen) atoms. The number of benzene rings is 3. The minimum absolute atomic E-state index is 0.00117. The quantitative estimate of drug-likeness (QED) is 0.627. The average molecular weight is 417 g/mol. The maximum absolute atomic E-state index is 12.8. The zero-order chi connectivity index (χ0) is 20.1. The van der Waals surface area contributed by atoms with Crippen LogP contribution < -0.4 is 14.8 Å². The second-order valence-electron chi connectivity index (χ2n) is 5.76. The van der Waals surface area contributed by atoms with Gasteiger partial charge in [-0.2, -0.15) is 0 Å². The van der Waals surface area contributed by atoms with Crippen LogP contribution in [0, 0.1) is 0 Å². The number of hydrogen-bond acceptors (Lipinski definition) is 4. The van der Waals surface area contributed by atoms with Crippen molar-refractivity contribution in [3.8, 4) is 11.5 Å². The lowest BCUT2D eigenvalue weighted by Gasteiger charge is -2.13. The second-order valence-corrected chi connectivity index (χ2v) is 7.88. The Labute approximate surface area is 168 Å². The van der Waals surface area contributed by atoms with Gasteiger partial charge in [-0.1, -0.05) is 35.9 Å². The van der Waals surface area contributed by atoms with E-state index in [0.717, 1.165) is 0 Å². The topological polar surface area (TPSA) is 84.5 Å². The third-order valence-corrected chi connectivity index (χ3v) is 5.39. The minimum Gasteiger partial charge on any atom is -0.457 e. The smallest absolute Gasteiger partial charge is 0.262 e. The van der Waals surface area contributed by atoms with Crippen LogP contribution >= 0.6 is 11.6 Å². The molecule has 8 heteroatoms. The molecular formula is C20H17ClN2O4S. The Morgan fingerprint density at radius 3 is 2.36 bits per heavy atom. The minimum atomic E-state index is -3.96. The van der Waals surface area contributed by atoms with Gasteiger partial charge in [0.1, 0.15) is 11.5 Å². The van der Waals surface area contributed by atoms with E-state index < -0.39 is 15.9 Å². The summed E-state index contributed by atoms with van der Waals surface area (Å²) in [7, 11) is -2.51. The van der Waals surface area contributed by atoms with Crippen molar-refractivity contribution >= 4 is 33.2 Å². The Morgan fingerprint density at radius 2 is 1.64 bits per heavy atom. The fourth-order valence-corrected chi connectivity index (χ4v) is 3.75. The number of anilines is 1. The molecule has 0 saturated heterocycles. The van der Waals surface area contributed by atoms with Crippen LogP contribution in [0.15, 0.2) is 77.7 Å². The largest absolute Gasteiger partial charge is 0.457 e. The number of carbonyl (C=O) groups is 1. The zero-order valence-electron chi connectivity index (χ0n) is 14.8. The number of hydrogen-bond donors (Lipinski definition) is 2. The second kappa shape index (κ2) is 8.33. The van der Waals surface area contributed by atoms with E-state index in [1.807, 2.05) is 18.2 Å². The summed E-state index contributed by atoms with van der Waals surface area (Å²) in [6.07, 6.45) is 0. The first kappa shape index (κ1) is 19.7. The van der Waals surface area contributed by atoms with Crippen molar-refractivity contribution in [1.29, 1.82) is 0 Å². The molecule has 144 valence electrons. The molecular weight excluding hydrogens is 400 g/mol. The average Bonchev–Trinajstić information content (AvgIpc) is 2.69. The van der Waals surface area contributed by atoms with Crippen LogP contribution in [-0.4, -0.2) is 21.4 Å². The Balaban J connectivity index is 1.90. The molecule has 0 saturated carbocycles. The number of sulfonamides is 1. The maximum Gasteiger partial charge on any atom is 0.262 e. The molecule has 2 N–H and O–H groups in total. The first-order valence-corrected chi connectivity index (χ1v) is 10.1. The lowest BCUT2D eigenvalue weighted by molar-refractivity contribution is 0.0964. The molecule has 0 spiro atoms. The highest BCUT2D eigenvalue weighted by Gasteiger charge is 2.19. The summed E-state index contributed by atoms with van der Waals surface area (Å²) in [4.78, 5) is 12.0. The Morgan fingerprint density at radius 1 is 0.929 bits per heavy atom. The Kier molecular flexibility index (Phi) is 5.87. The van der Waals surface area contributed by atoms with Crippen LogP contribution in [0.5, 0.6) is 11.5 Å². The van der Waals surface area contributed by atoms with Crippen LogP contribution in [0.3, 0.4) is 0 Å². The molecule has 6 nitrogen and oxygen atoms in total. The molecule has 3 rings (SSSR count). The maximum atomic E-state index is 12.8. The standard InChI is InChI=1S/C20H17ClN2O4S/c1-22-20(24)18-12-14(21)10-11-19(18)23-28(25,26)17-9-5-8-16(13-17)27-15-6-3-2-4-7-15/h2-13,23H,1H3,(H,22,24). The first-order chi connectivity index (χ1) is 13.4. The van der Waals surface area contributed by atoms with E-state index in [0.29, 0.717) is 16.5 Å². The molecule has 0 bridgehead atoms. The van der Waals surface area contributed by atoms with Gasteiger partial charge in [0.2, 0.25) is 0 Å². The molecule has 3 aromatic carbocycles. The molecule has 0 aliphatic carbocycles. The predicted octanol–water partition coefficient (Wildman–Crippen LogP) is 4.29. The summed E-state index contributed by atoms with van der Waals surface area (Å²) in [5.74, 6) is 0.502.